The Hall–Kier alpha value is -4.84. The number of carboxylic acids is 1. The van der Waals surface area contributed by atoms with Crippen LogP contribution in [0.4, 0.5) is 10.5 Å². The number of nitrogens with zero attached hydrogens (tertiary/aromatic N) is 5. The van der Waals surface area contributed by atoms with Gasteiger partial charge in [-0.25, -0.2) is 13.2 Å². The molecule has 0 fully saturated rings. The van der Waals surface area contributed by atoms with E-state index in [0.717, 1.165) is 35.3 Å². The molecule has 2 N–H and O–H groups in total. The average molecular weight is 741 g/mol. The summed E-state index contributed by atoms with van der Waals surface area (Å²) < 4.78 is 39.5. The molecule has 2 unspecified atom stereocenters. The van der Waals surface area contributed by atoms with Crippen LogP contribution in [0.3, 0.4) is 0 Å². The maximum Gasteiger partial charge on any atom is 0.430 e. The first-order valence-electron chi connectivity index (χ1n) is 15.5. The first-order valence-corrected chi connectivity index (χ1v) is 17.4. The van der Waals surface area contributed by atoms with Crippen molar-refractivity contribution in [3.63, 3.8) is 0 Å². The minimum absolute atomic E-state index is 0.0569. The number of carbonyl (C=O) groups excluding carboxylic acids is 3. The lowest BCUT2D eigenvalue weighted by Gasteiger charge is -2.36. The van der Waals surface area contributed by atoms with Crippen molar-refractivity contribution in [2.24, 2.45) is 5.28 Å². The fraction of sp³-hybridized carbons (Fsp3) is 0.484. The van der Waals surface area contributed by atoms with Crippen LogP contribution in [0.2, 0.25) is 5.02 Å². The third kappa shape index (κ3) is 9.44. The number of carbonyl (C=O) groups is 4. The number of hydrogen-bond donors (Lipinski definition) is 2. The van der Waals surface area contributed by atoms with Crippen molar-refractivity contribution >= 4 is 51.3 Å². The topological polar surface area (TPSA) is 211 Å². The number of anilines is 1. The van der Waals surface area contributed by atoms with Crippen LogP contribution < -0.4 is 10.4 Å². The molecule has 0 spiro atoms. The second kappa shape index (κ2) is 15.8. The monoisotopic (exact) mass is 740 g/mol. The van der Waals surface area contributed by atoms with Gasteiger partial charge in [0.05, 0.1) is 47.7 Å². The van der Waals surface area contributed by atoms with Gasteiger partial charge in [-0.2, -0.15) is 0 Å². The number of hydrazine groups is 2. The van der Waals surface area contributed by atoms with E-state index in [1.165, 1.54) is 26.8 Å². The zero-order valence-electron chi connectivity index (χ0n) is 28.7. The summed E-state index contributed by atoms with van der Waals surface area (Å²) in [6, 6.07) is 10.6. The van der Waals surface area contributed by atoms with Crippen LogP contribution in [-0.4, -0.2) is 82.4 Å². The largest absolute Gasteiger partial charge is 0.569 e. The quantitative estimate of drug-likeness (QED) is 0.0893. The number of amides is 2. The molecule has 0 aliphatic carbocycles. The Morgan fingerprint density at radius 2 is 1.72 bits per heavy atom. The lowest BCUT2D eigenvalue weighted by atomic mass is 10.1. The summed E-state index contributed by atoms with van der Waals surface area (Å²) in [6.07, 6.45) is -2.54. The van der Waals surface area contributed by atoms with Crippen LogP contribution in [0.1, 0.15) is 77.2 Å². The molecule has 50 heavy (non-hydrogen) atoms. The molecule has 0 bridgehead atoms. The number of halogens is 1. The van der Waals surface area contributed by atoms with Crippen molar-refractivity contribution < 1.29 is 52.0 Å². The number of benzene rings is 2. The van der Waals surface area contributed by atoms with Gasteiger partial charge in [0.2, 0.25) is 5.28 Å². The number of sulfonamides is 1. The lowest BCUT2D eigenvalue weighted by Crippen LogP contribution is -2.57. The molecule has 3 rings (SSSR count). The summed E-state index contributed by atoms with van der Waals surface area (Å²) in [5, 5.41) is 27.4. The van der Waals surface area contributed by atoms with Gasteiger partial charge in [0.15, 0.2) is 0 Å². The summed E-state index contributed by atoms with van der Waals surface area (Å²) in [5.41, 5.74) is 2.99. The fourth-order valence-electron chi connectivity index (χ4n) is 4.83. The number of ether oxygens (including phenoxy) is 2. The second-order valence-electron chi connectivity index (χ2n) is 12.2. The van der Waals surface area contributed by atoms with E-state index in [-0.39, 0.29) is 34.0 Å². The van der Waals surface area contributed by atoms with E-state index >= 15 is 0 Å². The number of rotatable bonds is 14. The molecule has 2 aromatic rings. The zero-order chi connectivity index (χ0) is 37.6. The standard InChI is InChI=1S/C31H41ClN6O11S/c1-8-35(9-2)38(44)34-49-31(7,47-27(41)17-16-26(39)40)37(29(43)48-30(4,5)6)50(45,46)25-19-22(14-15-23(25)32)28(42)33-36-20(3)18-21-12-10-11-13-24(21)36/h10-15,19-20H,8-9,16-18H2,1-7H3,(H,33,42)(H,39,40)/b38-34-. The first-order chi connectivity index (χ1) is 23.2. The van der Waals surface area contributed by atoms with Crippen molar-refractivity contribution in [2.45, 2.75) is 90.2 Å². The van der Waals surface area contributed by atoms with E-state index in [4.69, 9.17) is 31.0 Å². The molecular weight excluding hydrogens is 700 g/mol. The minimum Gasteiger partial charge on any atom is -0.569 e. The Morgan fingerprint density at radius 3 is 2.32 bits per heavy atom. The predicted molar refractivity (Wildman–Crippen MR) is 178 cm³/mol. The van der Waals surface area contributed by atoms with Crippen LogP contribution in [0.25, 0.3) is 0 Å². The summed E-state index contributed by atoms with van der Waals surface area (Å²) in [7, 11) is -5.34. The fourth-order valence-corrected chi connectivity index (χ4v) is 6.77. The number of aliphatic carboxylic acids is 1. The third-order valence-corrected chi connectivity index (χ3v) is 9.46. The summed E-state index contributed by atoms with van der Waals surface area (Å²) in [6.45, 7) is 10.4. The SMILES string of the molecule is CCN(CC)/[N+]([O-])=N/OC(C)(OC(=O)CCC(=O)O)N(C(=O)OC(C)(C)C)S(=O)(=O)c1cc(C(=O)NN2c3ccccc3CC2C)ccc1Cl. The van der Waals surface area contributed by atoms with Gasteiger partial charge in [-0.15, -0.1) is 9.31 Å². The predicted octanol–water partition coefficient (Wildman–Crippen LogP) is 4.59. The highest BCUT2D eigenvalue weighted by molar-refractivity contribution is 7.89. The molecule has 274 valence electrons. The highest BCUT2D eigenvalue weighted by Crippen LogP contribution is 2.35. The van der Waals surface area contributed by atoms with Crippen molar-refractivity contribution in [2.75, 3.05) is 18.1 Å². The molecule has 0 saturated heterocycles. The van der Waals surface area contributed by atoms with Gasteiger partial charge in [-0.1, -0.05) is 29.8 Å². The molecule has 0 saturated carbocycles. The summed E-state index contributed by atoms with van der Waals surface area (Å²) in [5.74, 6) is -6.55. The second-order valence-corrected chi connectivity index (χ2v) is 14.4. The van der Waals surface area contributed by atoms with Gasteiger partial charge in [0.25, 0.3) is 15.9 Å². The maximum atomic E-state index is 14.5. The minimum atomic E-state index is -5.34. The van der Waals surface area contributed by atoms with Gasteiger partial charge < -0.3 is 19.8 Å². The van der Waals surface area contributed by atoms with Crippen LogP contribution in [-0.2, 0) is 40.3 Å². The van der Waals surface area contributed by atoms with Gasteiger partial charge in [-0.3, -0.25) is 29.7 Å². The Morgan fingerprint density at radius 1 is 1.08 bits per heavy atom. The third-order valence-electron chi connectivity index (χ3n) is 7.17. The maximum absolute atomic E-state index is 14.5. The molecule has 0 aromatic heterocycles. The van der Waals surface area contributed by atoms with Crippen molar-refractivity contribution in [1.82, 2.24) is 14.7 Å². The van der Waals surface area contributed by atoms with Crippen molar-refractivity contribution in [3.05, 3.63) is 63.8 Å². The molecule has 0 radical (unpaired) electrons. The van der Waals surface area contributed by atoms with Crippen LogP contribution >= 0.6 is 11.6 Å². The van der Waals surface area contributed by atoms with E-state index in [1.54, 1.807) is 18.9 Å². The highest BCUT2D eigenvalue weighted by Gasteiger charge is 2.54. The smallest absolute Gasteiger partial charge is 0.430 e. The summed E-state index contributed by atoms with van der Waals surface area (Å²) in [4.78, 5) is 55.6. The number of esters is 1. The first kappa shape index (κ1) is 39.6. The Kier molecular flexibility index (Phi) is 12.5. The highest BCUT2D eigenvalue weighted by atomic mass is 35.5. The normalized spacial score (nSPS) is 15.7. The van der Waals surface area contributed by atoms with E-state index in [9.17, 15) is 32.8 Å². The molecule has 1 aliphatic heterocycles. The van der Waals surface area contributed by atoms with Crippen molar-refractivity contribution in [1.29, 1.82) is 0 Å². The van der Waals surface area contributed by atoms with Crippen molar-refractivity contribution in [3.8, 4) is 0 Å². The number of hydrogen-bond acceptors (Lipinski definition) is 12. The molecule has 2 atom stereocenters. The van der Waals surface area contributed by atoms with Crippen LogP contribution in [0.5, 0.6) is 0 Å². The number of para-hydroxylation sites is 1. The Bertz CT molecular complexity index is 1750. The molecule has 2 aromatic carbocycles. The number of fused-ring (bicyclic) bond motifs is 1. The molecule has 1 heterocycles. The van der Waals surface area contributed by atoms with E-state index in [1.807, 2.05) is 31.2 Å². The molecule has 2 amide bonds. The van der Waals surface area contributed by atoms with E-state index < -0.39 is 68.2 Å². The average Bonchev–Trinajstić information content (AvgIpc) is 3.33. The zero-order valence-corrected chi connectivity index (χ0v) is 30.3. The van der Waals surface area contributed by atoms with Gasteiger partial charge in [0.1, 0.15) is 10.5 Å². The van der Waals surface area contributed by atoms with Crippen LogP contribution in [0, 0.1) is 5.21 Å². The molecular formula is C31H41ClN6O11S. The van der Waals surface area contributed by atoms with Gasteiger partial charge in [-0.05, 0) is 77.8 Å². The van der Waals surface area contributed by atoms with E-state index in [2.05, 4.69) is 10.7 Å². The van der Waals surface area contributed by atoms with Gasteiger partial charge in [0, 0.05) is 12.5 Å². The Balaban J connectivity index is 2.16. The molecule has 19 heteroatoms. The molecule has 17 nitrogen and oxygen atoms in total. The molecule has 1 aliphatic rings. The lowest BCUT2D eigenvalue weighted by molar-refractivity contribution is -0.714. The van der Waals surface area contributed by atoms with Gasteiger partial charge >= 0.3 is 23.9 Å². The Labute approximate surface area is 294 Å². The van der Waals surface area contributed by atoms with E-state index in [0.29, 0.717) is 6.42 Å². The number of nitrogens with one attached hydrogen (secondary N) is 1. The summed E-state index contributed by atoms with van der Waals surface area (Å²) >= 11 is 6.37. The van der Waals surface area contributed by atoms with Crippen LogP contribution in [0.15, 0.2) is 52.6 Å². The number of carboxylic acid groups (broad SMARTS) is 1.